The van der Waals surface area contributed by atoms with Crippen LogP contribution >= 0.6 is 11.6 Å². The number of pyridine rings is 1. The number of carbonyl (C=O) groups is 1. The van der Waals surface area contributed by atoms with E-state index in [-0.39, 0.29) is 23.9 Å². The third-order valence-electron chi connectivity index (χ3n) is 7.59. The van der Waals surface area contributed by atoms with Crippen LogP contribution < -0.4 is 10.1 Å². The summed E-state index contributed by atoms with van der Waals surface area (Å²) in [6, 6.07) is 7.23. The topological polar surface area (TPSA) is 89.3 Å². The number of aromatic nitrogens is 3. The van der Waals surface area contributed by atoms with E-state index in [2.05, 4.69) is 15.3 Å². The van der Waals surface area contributed by atoms with E-state index in [0.717, 1.165) is 18.9 Å². The van der Waals surface area contributed by atoms with Gasteiger partial charge in [-0.1, -0.05) is 11.6 Å². The maximum Gasteiger partial charge on any atom is 0.433 e. The molecule has 3 fully saturated rings. The number of aliphatic hydroxyl groups excluding tert-OH is 1. The van der Waals surface area contributed by atoms with E-state index in [1.165, 1.54) is 12.3 Å². The SMILES string of the molecule is O=C(NC1CC2(n3cnc(-c4ccc(C(F)(F)F)nc4)c3)CC1C2)[C@@H]1C[C@H](O)c2cc(Cl)ccc2O1. The van der Waals surface area contributed by atoms with Crippen molar-refractivity contribution < 1.29 is 27.8 Å². The first-order valence-electron chi connectivity index (χ1n) is 11.6. The lowest BCUT2D eigenvalue weighted by molar-refractivity contribution is -0.141. The van der Waals surface area contributed by atoms with E-state index in [4.69, 9.17) is 16.3 Å². The summed E-state index contributed by atoms with van der Waals surface area (Å²) in [7, 11) is 0. The van der Waals surface area contributed by atoms with Gasteiger partial charge in [-0.2, -0.15) is 13.2 Å². The molecule has 1 aromatic carbocycles. The lowest BCUT2D eigenvalue weighted by atomic mass is 9.76. The first-order chi connectivity index (χ1) is 17.1. The molecule has 3 atom stereocenters. The molecule has 0 spiro atoms. The minimum atomic E-state index is -4.49. The third-order valence-corrected chi connectivity index (χ3v) is 7.83. The van der Waals surface area contributed by atoms with Crippen molar-refractivity contribution in [1.29, 1.82) is 0 Å². The average molecular weight is 519 g/mol. The Hall–Kier alpha value is -3.11. The molecule has 7 nitrogen and oxygen atoms in total. The van der Waals surface area contributed by atoms with Crippen LogP contribution in [0.2, 0.25) is 5.02 Å². The Labute approximate surface area is 209 Å². The standard InChI is InChI=1S/C25H22ClF3N4O3/c26-15-2-3-20-16(5-15)19(34)6-21(36-20)23(35)32-17-9-24(7-14(17)8-24)33-11-18(31-12-33)13-1-4-22(30-10-13)25(27,28)29/h1-5,10-12,14,17,19,21,34H,6-9H2,(H,32,35)/t14?,17?,19-,21-,24?/m0/s1. The van der Waals surface area contributed by atoms with Gasteiger partial charge in [0.05, 0.1) is 18.1 Å². The van der Waals surface area contributed by atoms with Gasteiger partial charge in [0.2, 0.25) is 0 Å². The lowest BCUT2D eigenvalue weighted by Gasteiger charge is -2.39. The normalized spacial score (nSPS) is 28.7. The van der Waals surface area contributed by atoms with Crippen molar-refractivity contribution in [3.05, 3.63) is 65.3 Å². The zero-order valence-corrected chi connectivity index (χ0v) is 19.6. The van der Waals surface area contributed by atoms with Crippen molar-refractivity contribution in [2.24, 2.45) is 5.92 Å². The van der Waals surface area contributed by atoms with E-state index in [1.807, 2.05) is 10.8 Å². The fourth-order valence-corrected chi connectivity index (χ4v) is 5.91. The van der Waals surface area contributed by atoms with E-state index >= 15 is 0 Å². The molecule has 188 valence electrons. The number of halogens is 4. The van der Waals surface area contributed by atoms with E-state index < -0.39 is 24.1 Å². The van der Waals surface area contributed by atoms with Gasteiger partial charge < -0.3 is 19.7 Å². The van der Waals surface area contributed by atoms with Crippen LogP contribution in [0.5, 0.6) is 5.75 Å². The van der Waals surface area contributed by atoms with Crippen LogP contribution in [0.3, 0.4) is 0 Å². The number of benzene rings is 1. The van der Waals surface area contributed by atoms with Crippen LogP contribution in [-0.4, -0.2) is 37.7 Å². The molecule has 2 N–H and O–H groups in total. The van der Waals surface area contributed by atoms with Crippen molar-refractivity contribution in [1.82, 2.24) is 19.9 Å². The molecule has 1 unspecified atom stereocenters. The highest BCUT2D eigenvalue weighted by atomic mass is 35.5. The van der Waals surface area contributed by atoms with Crippen LogP contribution in [0.25, 0.3) is 11.3 Å². The Morgan fingerprint density at radius 2 is 2.00 bits per heavy atom. The number of nitrogens with zero attached hydrogens (tertiary/aromatic N) is 3. The van der Waals surface area contributed by atoms with Crippen LogP contribution in [-0.2, 0) is 16.5 Å². The van der Waals surface area contributed by atoms with Gasteiger partial charge >= 0.3 is 6.18 Å². The van der Waals surface area contributed by atoms with Gasteiger partial charge in [0.15, 0.2) is 6.10 Å². The van der Waals surface area contributed by atoms with Crippen LogP contribution in [0.4, 0.5) is 13.2 Å². The van der Waals surface area contributed by atoms with Crippen LogP contribution in [0, 0.1) is 5.92 Å². The number of amides is 1. The van der Waals surface area contributed by atoms with Crippen molar-refractivity contribution in [3.63, 3.8) is 0 Å². The quantitative estimate of drug-likeness (QED) is 0.531. The van der Waals surface area contributed by atoms with E-state index in [1.54, 1.807) is 24.5 Å². The summed E-state index contributed by atoms with van der Waals surface area (Å²) in [6.07, 6.45) is 1.18. The lowest BCUT2D eigenvalue weighted by Crippen LogP contribution is -2.46. The zero-order chi connectivity index (χ0) is 25.2. The number of rotatable bonds is 4. The number of hydrogen-bond donors (Lipinski definition) is 2. The molecule has 0 saturated heterocycles. The number of imidazole rings is 1. The predicted molar refractivity (Wildman–Crippen MR) is 123 cm³/mol. The molecule has 3 saturated carbocycles. The Morgan fingerprint density at radius 1 is 1.19 bits per heavy atom. The summed E-state index contributed by atoms with van der Waals surface area (Å²) in [5.74, 6) is 0.505. The summed E-state index contributed by atoms with van der Waals surface area (Å²) >= 11 is 6.00. The second-order valence-corrected chi connectivity index (χ2v) is 10.3. The average Bonchev–Trinajstić information content (AvgIpc) is 3.52. The fourth-order valence-electron chi connectivity index (χ4n) is 5.73. The smallest absolute Gasteiger partial charge is 0.433 e. The molecule has 7 rings (SSSR count). The van der Waals surface area contributed by atoms with Gasteiger partial charge in [-0.25, -0.2) is 4.98 Å². The maximum atomic E-state index is 13.0. The van der Waals surface area contributed by atoms with E-state index in [0.29, 0.717) is 39.9 Å². The Balaban J connectivity index is 1.11. The molecule has 3 heterocycles. The second-order valence-electron chi connectivity index (χ2n) is 9.85. The van der Waals surface area contributed by atoms with Gasteiger partial charge in [-0.05, 0) is 55.5 Å². The van der Waals surface area contributed by atoms with Gasteiger partial charge in [0.1, 0.15) is 11.4 Å². The molecule has 3 aromatic rings. The fraction of sp³-hybridized carbons (Fsp3) is 0.400. The number of aliphatic hydroxyl groups is 1. The molecule has 3 aliphatic carbocycles. The number of hydrogen-bond acceptors (Lipinski definition) is 5. The van der Waals surface area contributed by atoms with Crippen LogP contribution in [0.1, 0.15) is 43.0 Å². The second kappa shape index (κ2) is 8.21. The molecule has 1 amide bonds. The van der Waals surface area contributed by atoms with Crippen molar-refractivity contribution >= 4 is 17.5 Å². The summed E-state index contributed by atoms with van der Waals surface area (Å²) in [6.45, 7) is 0. The Bertz CT molecular complexity index is 1320. The Morgan fingerprint density at radius 3 is 2.72 bits per heavy atom. The molecular weight excluding hydrogens is 497 g/mol. The predicted octanol–water partition coefficient (Wildman–Crippen LogP) is 4.50. The van der Waals surface area contributed by atoms with Crippen molar-refractivity contribution in [2.45, 2.75) is 55.6 Å². The summed E-state index contributed by atoms with van der Waals surface area (Å²) < 4.78 is 46.2. The van der Waals surface area contributed by atoms with Crippen molar-refractivity contribution in [2.75, 3.05) is 0 Å². The summed E-state index contributed by atoms with van der Waals surface area (Å²) in [5.41, 5.74) is 0.495. The maximum absolute atomic E-state index is 13.0. The van der Waals surface area contributed by atoms with Gasteiger partial charge in [0, 0.05) is 46.5 Å². The number of ether oxygens (including phenoxy) is 1. The highest BCUT2D eigenvalue weighted by Gasteiger charge is 2.57. The van der Waals surface area contributed by atoms with Gasteiger partial charge in [-0.15, -0.1) is 0 Å². The highest BCUT2D eigenvalue weighted by Crippen LogP contribution is 2.57. The minimum Gasteiger partial charge on any atom is -0.480 e. The Kier molecular flexibility index (Phi) is 5.31. The van der Waals surface area contributed by atoms with Crippen LogP contribution in [0.15, 0.2) is 49.1 Å². The van der Waals surface area contributed by atoms with Gasteiger partial charge in [0.25, 0.3) is 5.91 Å². The molecule has 1 aliphatic heterocycles. The first kappa shape index (κ1) is 23.3. The zero-order valence-electron chi connectivity index (χ0n) is 18.9. The number of nitrogens with one attached hydrogen (secondary N) is 1. The molecule has 2 bridgehead atoms. The highest BCUT2D eigenvalue weighted by molar-refractivity contribution is 6.30. The molecule has 0 radical (unpaired) electrons. The number of alkyl halides is 3. The number of fused-ring (bicyclic) bond motifs is 2. The van der Waals surface area contributed by atoms with Gasteiger partial charge in [-0.3, -0.25) is 9.78 Å². The molecule has 2 aromatic heterocycles. The largest absolute Gasteiger partial charge is 0.480 e. The number of carbonyl (C=O) groups excluding carboxylic acids is 1. The summed E-state index contributed by atoms with van der Waals surface area (Å²) in [5, 5.41) is 14.1. The third kappa shape index (κ3) is 3.92. The van der Waals surface area contributed by atoms with E-state index in [9.17, 15) is 23.1 Å². The first-order valence-corrected chi connectivity index (χ1v) is 12.0. The minimum absolute atomic E-state index is 0.0385. The molecule has 4 aliphatic rings. The van der Waals surface area contributed by atoms with Crippen molar-refractivity contribution in [3.8, 4) is 17.0 Å². The molecule has 11 heteroatoms. The summed E-state index contributed by atoms with van der Waals surface area (Å²) in [4.78, 5) is 20.9. The molecule has 36 heavy (non-hydrogen) atoms. The monoisotopic (exact) mass is 518 g/mol. The molecular formula is C25H22ClF3N4O3.